The van der Waals surface area contributed by atoms with Gasteiger partial charge < -0.3 is 10.5 Å². The number of benzene rings is 1. The predicted molar refractivity (Wildman–Crippen MR) is 69.5 cm³/mol. The molecule has 1 aromatic heterocycles. The summed E-state index contributed by atoms with van der Waals surface area (Å²) in [5, 5.41) is 0.502. The minimum Gasteiger partial charge on any atom is -0.488 e. The largest absolute Gasteiger partial charge is 0.488 e. The minimum absolute atomic E-state index is 0.484. The van der Waals surface area contributed by atoms with Crippen LogP contribution in [0.1, 0.15) is 4.88 Å². The van der Waals surface area contributed by atoms with Gasteiger partial charge in [0.05, 0.1) is 15.0 Å². The number of ether oxygens (including phenoxy) is 1. The van der Waals surface area contributed by atoms with Crippen molar-refractivity contribution in [3.8, 4) is 5.75 Å². The van der Waals surface area contributed by atoms with Gasteiger partial charge in [-0.3, -0.25) is 0 Å². The Hall–Kier alpha value is -0.900. The lowest BCUT2D eigenvalue weighted by Gasteiger charge is -2.05. The van der Waals surface area contributed by atoms with Crippen LogP contribution in [0.3, 0.4) is 0 Å². The maximum atomic E-state index is 5.88. The molecule has 1 heterocycles. The van der Waals surface area contributed by atoms with Crippen molar-refractivity contribution in [3.63, 3.8) is 0 Å². The molecule has 0 unspecified atom stereocenters. The number of anilines is 1. The van der Waals surface area contributed by atoms with Gasteiger partial charge in [0.2, 0.25) is 0 Å². The van der Waals surface area contributed by atoms with Gasteiger partial charge >= 0.3 is 0 Å². The van der Waals surface area contributed by atoms with E-state index in [1.54, 1.807) is 18.2 Å². The summed E-state index contributed by atoms with van der Waals surface area (Å²) < 4.78 is 6.31. The number of nitrogens with two attached hydrogens (primary N) is 1. The Morgan fingerprint density at radius 3 is 2.62 bits per heavy atom. The third-order valence-corrected chi connectivity index (χ3v) is 3.51. The summed E-state index contributed by atoms with van der Waals surface area (Å²) in [6, 6.07) is 8.99. The topological polar surface area (TPSA) is 35.2 Å². The fourth-order valence-corrected chi connectivity index (χ4v) is 2.35. The fraction of sp³-hybridized carbons (Fsp3) is 0.0909. The highest BCUT2D eigenvalue weighted by molar-refractivity contribution is 7.16. The van der Waals surface area contributed by atoms with Crippen LogP contribution in [0.2, 0.25) is 9.36 Å². The van der Waals surface area contributed by atoms with Gasteiger partial charge in [0.15, 0.2) is 0 Å². The molecule has 2 N–H and O–H groups in total. The molecule has 84 valence electrons. The number of thiophene rings is 1. The third kappa shape index (κ3) is 2.82. The average Bonchev–Trinajstić information content (AvgIpc) is 2.66. The molecule has 2 nitrogen and oxygen atoms in total. The summed E-state index contributed by atoms with van der Waals surface area (Å²) in [4.78, 5) is 1.07. The van der Waals surface area contributed by atoms with Crippen LogP contribution in [-0.4, -0.2) is 0 Å². The van der Waals surface area contributed by atoms with Gasteiger partial charge in [-0.2, -0.15) is 0 Å². The molecule has 0 saturated carbocycles. The standard InChI is InChI=1S/C11H9Cl2NOS/c12-9-5-7(1-3-10(9)14)15-6-8-2-4-11(13)16-8/h1-5H,6,14H2. The molecule has 0 spiro atoms. The van der Waals surface area contributed by atoms with Crippen molar-refractivity contribution in [3.05, 3.63) is 44.6 Å². The van der Waals surface area contributed by atoms with Crippen molar-refractivity contribution in [1.29, 1.82) is 0 Å². The molecular formula is C11H9Cl2NOS. The average molecular weight is 274 g/mol. The van der Waals surface area contributed by atoms with Gasteiger partial charge in [0.25, 0.3) is 0 Å². The molecule has 16 heavy (non-hydrogen) atoms. The number of nitrogen functional groups attached to an aromatic ring is 1. The molecule has 0 aliphatic carbocycles. The quantitative estimate of drug-likeness (QED) is 0.850. The Labute approximate surface area is 108 Å². The molecule has 2 rings (SSSR count). The lowest BCUT2D eigenvalue weighted by molar-refractivity contribution is 0.310. The highest BCUT2D eigenvalue weighted by atomic mass is 35.5. The van der Waals surface area contributed by atoms with Crippen molar-refractivity contribution in [2.75, 3.05) is 5.73 Å². The van der Waals surface area contributed by atoms with Crippen molar-refractivity contribution in [1.82, 2.24) is 0 Å². The minimum atomic E-state index is 0.484. The van der Waals surface area contributed by atoms with E-state index in [2.05, 4.69) is 0 Å². The Morgan fingerprint density at radius 1 is 1.19 bits per heavy atom. The molecule has 0 bridgehead atoms. The van der Waals surface area contributed by atoms with Crippen LogP contribution in [0.5, 0.6) is 5.75 Å². The van der Waals surface area contributed by atoms with E-state index < -0.39 is 0 Å². The van der Waals surface area contributed by atoms with Gasteiger partial charge in [-0.1, -0.05) is 23.2 Å². The fourth-order valence-electron chi connectivity index (χ4n) is 1.18. The van der Waals surface area contributed by atoms with E-state index in [-0.39, 0.29) is 0 Å². The molecule has 1 aromatic carbocycles. The van der Waals surface area contributed by atoms with Crippen LogP contribution in [-0.2, 0) is 6.61 Å². The highest BCUT2D eigenvalue weighted by Crippen LogP contribution is 2.26. The zero-order valence-corrected chi connectivity index (χ0v) is 10.6. The van der Waals surface area contributed by atoms with E-state index in [1.807, 2.05) is 12.1 Å². The first kappa shape index (κ1) is 11.6. The molecular weight excluding hydrogens is 265 g/mol. The number of rotatable bonds is 3. The Bertz CT molecular complexity index is 498. The lowest BCUT2D eigenvalue weighted by Crippen LogP contribution is -1.93. The number of halogens is 2. The van der Waals surface area contributed by atoms with Crippen LogP contribution < -0.4 is 10.5 Å². The third-order valence-electron chi connectivity index (χ3n) is 1.98. The van der Waals surface area contributed by atoms with Gasteiger partial charge in [0, 0.05) is 10.9 Å². The smallest absolute Gasteiger partial charge is 0.122 e. The number of hydrogen-bond donors (Lipinski definition) is 1. The first-order chi connectivity index (χ1) is 7.65. The van der Waals surface area contributed by atoms with E-state index in [0.29, 0.717) is 23.1 Å². The van der Waals surface area contributed by atoms with Gasteiger partial charge in [-0.25, -0.2) is 0 Å². The lowest BCUT2D eigenvalue weighted by atomic mass is 10.3. The van der Waals surface area contributed by atoms with Crippen molar-refractivity contribution >= 4 is 40.2 Å². The molecule has 0 fully saturated rings. The van der Waals surface area contributed by atoms with Gasteiger partial charge in [-0.15, -0.1) is 11.3 Å². The highest BCUT2D eigenvalue weighted by Gasteiger charge is 2.02. The van der Waals surface area contributed by atoms with Crippen molar-refractivity contribution in [2.45, 2.75) is 6.61 Å². The maximum Gasteiger partial charge on any atom is 0.122 e. The van der Waals surface area contributed by atoms with E-state index >= 15 is 0 Å². The number of hydrogen-bond acceptors (Lipinski definition) is 3. The second-order valence-corrected chi connectivity index (χ2v) is 5.38. The van der Waals surface area contributed by atoms with Crippen LogP contribution in [0.25, 0.3) is 0 Å². The van der Waals surface area contributed by atoms with Crippen LogP contribution in [0.4, 0.5) is 5.69 Å². The van der Waals surface area contributed by atoms with E-state index in [1.165, 1.54) is 11.3 Å². The molecule has 5 heteroatoms. The summed E-state index contributed by atoms with van der Waals surface area (Å²) in [7, 11) is 0. The second-order valence-electron chi connectivity index (χ2n) is 3.18. The molecule has 0 radical (unpaired) electrons. The van der Waals surface area contributed by atoms with Crippen LogP contribution in [0, 0.1) is 0 Å². The summed E-state index contributed by atoms with van der Waals surface area (Å²) >= 11 is 13.2. The van der Waals surface area contributed by atoms with E-state index in [9.17, 15) is 0 Å². The summed E-state index contributed by atoms with van der Waals surface area (Å²) in [6.45, 7) is 0.484. The van der Waals surface area contributed by atoms with E-state index in [4.69, 9.17) is 33.7 Å². The normalized spacial score (nSPS) is 10.4. The van der Waals surface area contributed by atoms with Gasteiger partial charge in [0.1, 0.15) is 12.4 Å². The Kier molecular flexibility index (Phi) is 3.59. The molecule has 0 atom stereocenters. The zero-order valence-electron chi connectivity index (χ0n) is 8.24. The zero-order chi connectivity index (χ0) is 11.5. The molecule has 0 amide bonds. The SMILES string of the molecule is Nc1ccc(OCc2ccc(Cl)s2)cc1Cl. The second kappa shape index (κ2) is 4.95. The first-order valence-corrected chi connectivity index (χ1v) is 6.14. The first-order valence-electron chi connectivity index (χ1n) is 4.57. The van der Waals surface area contributed by atoms with E-state index in [0.717, 1.165) is 9.21 Å². The van der Waals surface area contributed by atoms with Crippen molar-refractivity contribution < 1.29 is 4.74 Å². The molecule has 0 saturated heterocycles. The monoisotopic (exact) mass is 273 g/mol. The molecule has 2 aromatic rings. The predicted octanol–water partition coefficient (Wildman–Crippen LogP) is 4.22. The molecule has 0 aliphatic heterocycles. The Morgan fingerprint density at radius 2 is 2.00 bits per heavy atom. The maximum absolute atomic E-state index is 5.88. The van der Waals surface area contributed by atoms with Crippen LogP contribution in [0.15, 0.2) is 30.3 Å². The summed E-state index contributed by atoms with van der Waals surface area (Å²) in [6.07, 6.45) is 0. The Balaban J connectivity index is 2.02. The van der Waals surface area contributed by atoms with Gasteiger partial charge in [-0.05, 0) is 24.3 Å². The van der Waals surface area contributed by atoms with Crippen molar-refractivity contribution in [2.24, 2.45) is 0 Å². The molecule has 0 aliphatic rings. The summed E-state index contributed by atoms with van der Waals surface area (Å²) in [5.74, 6) is 0.698. The van der Waals surface area contributed by atoms with Crippen LogP contribution >= 0.6 is 34.5 Å². The summed E-state index contributed by atoms with van der Waals surface area (Å²) in [5.41, 5.74) is 6.15.